The molecule has 2 aromatic rings. The van der Waals surface area contributed by atoms with Crippen LogP contribution in [0.3, 0.4) is 0 Å². The maximum atomic E-state index is 11.8. The number of phenols is 1. The fourth-order valence-electron chi connectivity index (χ4n) is 2.17. The van der Waals surface area contributed by atoms with Gasteiger partial charge in [0.1, 0.15) is 5.75 Å². The van der Waals surface area contributed by atoms with E-state index in [-0.39, 0.29) is 11.3 Å². The molecule has 82 valence electrons. The molecule has 0 saturated carbocycles. The van der Waals surface area contributed by atoms with Gasteiger partial charge >= 0.3 is 0 Å². The van der Waals surface area contributed by atoms with Crippen LogP contribution in [-0.2, 0) is 12.2 Å². The van der Waals surface area contributed by atoms with Crippen molar-refractivity contribution in [3.63, 3.8) is 0 Å². The van der Waals surface area contributed by atoms with Crippen LogP contribution in [0.15, 0.2) is 23.0 Å². The zero-order valence-electron chi connectivity index (χ0n) is 8.62. The molecule has 1 aliphatic heterocycles. The van der Waals surface area contributed by atoms with Crippen LogP contribution in [0.1, 0.15) is 11.1 Å². The molecule has 2 N–H and O–H groups in total. The standard InChI is InChI=1S/C12H11NO2S/c14-7-1-2-11-9(5-7)8-3-4-16-6-10(8)12(15)13-11/h1-2,5,14H,3-4,6H2,(H,13,15). The number of benzene rings is 1. The Bertz CT molecular complexity index is 618. The number of aromatic nitrogens is 1. The van der Waals surface area contributed by atoms with Crippen LogP contribution in [0, 0.1) is 0 Å². The molecule has 0 saturated heterocycles. The molecule has 1 aliphatic rings. The number of H-pyrrole nitrogens is 1. The number of aryl methyl sites for hydroxylation is 1. The Morgan fingerprint density at radius 3 is 3.06 bits per heavy atom. The van der Waals surface area contributed by atoms with Gasteiger partial charge in [0.15, 0.2) is 0 Å². The molecule has 0 amide bonds. The summed E-state index contributed by atoms with van der Waals surface area (Å²) in [6, 6.07) is 5.09. The van der Waals surface area contributed by atoms with Gasteiger partial charge in [-0.2, -0.15) is 11.8 Å². The summed E-state index contributed by atoms with van der Waals surface area (Å²) in [7, 11) is 0. The SMILES string of the molecule is O=c1[nH]c2ccc(O)cc2c2c1CSCC2. The van der Waals surface area contributed by atoms with Crippen LogP contribution in [0.25, 0.3) is 10.9 Å². The number of aromatic amines is 1. The predicted molar refractivity (Wildman–Crippen MR) is 66.1 cm³/mol. The van der Waals surface area contributed by atoms with E-state index < -0.39 is 0 Å². The summed E-state index contributed by atoms with van der Waals surface area (Å²) < 4.78 is 0. The van der Waals surface area contributed by atoms with Crippen LogP contribution < -0.4 is 5.56 Å². The van der Waals surface area contributed by atoms with Gasteiger partial charge in [0.25, 0.3) is 5.56 Å². The Balaban J connectivity index is 2.43. The smallest absolute Gasteiger partial charge is 0.252 e. The number of nitrogens with one attached hydrogen (secondary N) is 1. The topological polar surface area (TPSA) is 53.1 Å². The highest BCUT2D eigenvalue weighted by atomic mass is 32.2. The van der Waals surface area contributed by atoms with Crippen molar-refractivity contribution in [1.29, 1.82) is 0 Å². The van der Waals surface area contributed by atoms with E-state index in [0.717, 1.165) is 40.0 Å². The Hall–Kier alpha value is -1.42. The van der Waals surface area contributed by atoms with Crippen LogP contribution in [0.4, 0.5) is 0 Å². The maximum Gasteiger partial charge on any atom is 0.252 e. The molecule has 0 radical (unpaired) electrons. The second kappa shape index (κ2) is 3.56. The minimum Gasteiger partial charge on any atom is -0.508 e. The summed E-state index contributed by atoms with van der Waals surface area (Å²) in [5.41, 5.74) is 2.80. The molecule has 3 nitrogen and oxygen atoms in total. The molecule has 0 bridgehead atoms. The fraction of sp³-hybridized carbons (Fsp3) is 0.250. The average molecular weight is 233 g/mol. The van der Waals surface area contributed by atoms with Gasteiger partial charge in [-0.05, 0) is 35.9 Å². The molecule has 0 unspecified atom stereocenters. The van der Waals surface area contributed by atoms with Crippen molar-refractivity contribution < 1.29 is 5.11 Å². The number of fused-ring (bicyclic) bond motifs is 3. The molecule has 2 heterocycles. The Morgan fingerprint density at radius 2 is 2.19 bits per heavy atom. The van der Waals surface area contributed by atoms with Gasteiger partial charge in [-0.15, -0.1) is 0 Å². The zero-order valence-corrected chi connectivity index (χ0v) is 9.43. The Kier molecular flexibility index (Phi) is 2.17. The number of pyridine rings is 1. The first-order valence-corrected chi connectivity index (χ1v) is 6.35. The second-order valence-electron chi connectivity index (χ2n) is 3.94. The summed E-state index contributed by atoms with van der Waals surface area (Å²) in [4.78, 5) is 14.7. The normalized spacial score (nSPS) is 15.0. The molecule has 1 aromatic carbocycles. The number of rotatable bonds is 0. The minimum atomic E-state index is 0.0142. The van der Waals surface area contributed by atoms with E-state index in [4.69, 9.17) is 0 Å². The zero-order chi connectivity index (χ0) is 11.1. The van der Waals surface area contributed by atoms with E-state index in [0.29, 0.717) is 0 Å². The van der Waals surface area contributed by atoms with Gasteiger partial charge in [0, 0.05) is 22.2 Å². The molecule has 0 spiro atoms. The number of thioether (sulfide) groups is 1. The summed E-state index contributed by atoms with van der Waals surface area (Å²) >= 11 is 1.78. The van der Waals surface area contributed by atoms with Crippen molar-refractivity contribution in [2.45, 2.75) is 12.2 Å². The van der Waals surface area contributed by atoms with Crippen molar-refractivity contribution in [1.82, 2.24) is 4.98 Å². The minimum absolute atomic E-state index is 0.0142. The van der Waals surface area contributed by atoms with Crippen LogP contribution in [-0.4, -0.2) is 15.8 Å². The Labute approximate surface area is 96.5 Å². The average Bonchev–Trinajstić information content (AvgIpc) is 2.31. The van der Waals surface area contributed by atoms with E-state index in [1.165, 1.54) is 0 Å². The number of hydrogen-bond donors (Lipinski definition) is 2. The molecular formula is C12H11NO2S. The van der Waals surface area contributed by atoms with E-state index in [1.807, 2.05) is 0 Å². The van der Waals surface area contributed by atoms with E-state index in [2.05, 4.69) is 4.98 Å². The molecule has 16 heavy (non-hydrogen) atoms. The number of aromatic hydroxyl groups is 1. The molecule has 0 aliphatic carbocycles. The van der Waals surface area contributed by atoms with E-state index >= 15 is 0 Å². The van der Waals surface area contributed by atoms with Gasteiger partial charge in [-0.25, -0.2) is 0 Å². The summed E-state index contributed by atoms with van der Waals surface area (Å²) in [5, 5.41) is 10.5. The van der Waals surface area contributed by atoms with Gasteiger partial charge in [-0.1, -0.05) is 0 Å². The largest absolute Gasteiger partial charge is 0.508 e. The number of hydrogen-bond acceptors (Lipinski definition) is 3. The molecular weight excluding hydrogens is 222 g/mol. The van der Waals surface area contributed by atoms with Crippen LogP contribution >= 0.6 is 11.8 Å². The highest BCUT2D eigenvalue weighted by molar-refractivity contribution is 7.98. The molecule has 0 fully saturated rings. The second-order valence-corrected chi connectivity index (χ2v) is 5.05. The van der Waals surface area contributed by atoms with Gasteiger partial charge in [0.2, 0.25) is 0 Å². The third kappa shape index (κ3) is 1.41. The molecule has 4 heteroatoms. The van der Waals surface area contributed by atoms with Gasteiger partial charge in [-0.3, -0.25) is 4.79 Å². The first-order chi connectivity index (χ1) is 7.75. The molecule has 0 atom stereocenters. The van der Waals surface area contributed by atoms with Crippen LogP contribution in [0.5, 0.6) is 5.75 Å². The van der Waals surface area contributed by atoms with Crippen molar-refractivity contribution in [2.24, 2.45) is 0 Å². The highest BCUT2D eigenvalue weighted by Crippen LogP contribution is 2.29. The molecule has 1 aromatic heterocycles. The monoisotopic (exact) mass is 233 g/mol. The third-order valence-corrected chi connectivity index (χ3v) is 3.94. The summed E-state index contributed by atoms with van der Waals surface area (Å²) in [5.74, 6) is 2.07. The quantitative estimate of drug-likeness (QED) is 0.732. The van der Waals surface area contributed by atoms with Crippen molar-refractivity contribution in [2.75, 3.05) is 5.75 Å². The summed E-state index contributed by atoms with van der Waals surface area (Å²) in [6.07, 6.45) is 0.907. The van der Waals surface area contributed by atoms with Gasteiger partial charge < -0.3 is 10.1 Å². The van der Waals surface area contributed by atoms with E-state index in [9.17, 15) is 9.90 Å². The van der Waals surface area contributed by atoms with Crippen molar-refractivity contribution in [3.05, 3.63) is 39.7 Å². The lowest BCUT2D eigenvalue weighted by Gasteiger charge is -2.16. The predicted octanol–water partition coefficient (Wildman–Crippen LogP) is 2.02. The van der Waals surface area contributed by atoms with Gasteiger partial charge in [0.05, 0.1) is 0 Å². The lowest BCUT2D eigenvalue weighted by molar-refractivity contribution is 0.476. The van der Waals surface area contributed by atoms with Crippen molar-refractivity contribution >= 4 is 22.7 Å². The Morgan fingerprint density at radius 1 is 1.31 bits per heavy atom. The third-order valence-electron chi connectivity index (χ3n) is 2.96. The first kappa shape index (κ1) is 9.78. The highest BCUT2D eigenvalue weighted by Gasteiger charge is 2.16. The number of phenolic OH excluding ortho intramolecular Hbond substituents is 1. The van der Waals surface area contributed by atoms with Crippen LogP contribution in [0.2, 0.25) is 0 Å². The van der Waals surface area contributed by atoms with E-state index in [1.54, 1.807) is 30.0 Å². The lowest BCUT2D eigenvalue weighted by atomic mass is 10.0. The molecule has 3 rings (SSSR count). The lowest BCUT2D eigenvalue weighted by Crippen LogP contribution is -2.18. The van der Waals surface area contributed by atoms with Crippen molar-refractivity contribution in [3.8, 4) is 5.75 Å². The fourth-order valence-corrected chi connectivity index (χ4v) is 3.18. The summed E-state index contributed by atoms with van der Waals surface area (Å²) in [6.45, 7) is 0. The maximum absolute atomic E-state index is 11.8. The first-order valence-electron chi connectivity index (χ1n) is 5.20.